The predicted molar refractivity (Wildman–Crippen MR) is 44.6 cm³/mol. The fourth-order valence-electron chi connectivity index (χ4n) is 1.20. The van der Waals surface area contributed by atoms with Crippen molar-refractivity contribution in [3.8, 4) is 0 Å². The van der Waals surface area contributed by atoms with Crippen LogP contribution in [0, 0.1) is 5.82 Å². The predicted octanol–water partition coefficient (Wildman–Crippen LogP) is 0.801. The van der Waals surface area contributed by atoms with Crippen LogP contribution in [0.4, 0.5) is 4.39 Å². The number of hydrogen-bond donors (Lipinski definition) is 2. The van der Waals surface area contributed by atoms with Crippen LogP contribution in [0.2, 0.25) is 0 Å². The van der Waals surface area contributed by atoms with Gasteiger partial charge in [0.1, 0.15) is 11.3 Å². The molecule has 1 heterocycles. The number of primary amides is 1. The standard InChI is InChI=1S/C8H6FN3O/c9-4-1-5(8(10)13)7-6(2-4)11-3-12-7/h1-3H,(H2,10,13)(H,11,12). The van der Waals surface area contributed by atoms with Gasteiger partial charge in [-0.2, -0.15) is 0 Å². The van der Waals surface area contributed by atoms with Crippen LogP contribution >= 0.6 is 0 Å². The maximum Gasteiger partial charge on any atom is 0.251 e. The van der Waals surface area contributed by atoms with Crippen molar-refractivity contribution >= 4 is 16.9 Å². The number of amides is 1. The normalized spacial score (nSPS) is 10.5. The maximum absolute atomic E-state index is 12.9. The number of nitrogens with two attached hydrogens (primary N) is 1. The molecule has 0 saturated carbocycles. The van der Waals surface area contributed by atoms with Crippen molar-refractivity contribution in [2.75, 3.05) is 0 Å². The first-order valence-electron chi connectivity index (χ1n) is 3.61. The number of aromatic nitrogens is 2. The summed E-state index contributed by atoms with van der Waals surface area (Å²) in [5.74, 6) is -1.19. The average molecular weight is 179 g/mol. The summed E-state index contributed by atoms with van der Waals surface area (Å²) in [4.78, 5) is 17.4. The van der Waals surface area contributed by atoms with Gasteiger partial charge in [0.05, 0.1) is 17.4 Å². The maximum atomic E-state index is 12.9. The number of carbonyl (C=O) groups is 1. The molecule has 4 nitrogen and oxygen atoms in total. The Morgan fingerprint density at radius 2 is 2.31 bits per heavy atom. The third kappa shape index (κ3) is 1.14. The zero-order valence-corrected chi connectivity index (χ0v) is 6.54. The summed E-state index contributed by atoms with van der Waals surface area (Å²) in [7, 11) is 0. The number of halogens is 1. The molecule has 5 heteroatoms. The number of aromatic amines is 1. The van der Waals surface area contributed by atoms with E-state index in [1.54, 1.807) is 0 Å². The van der Waals surface area contributed by atoms with E-state index in [9.17, 15) is 9.18 Å². The second-order valence-corrected chi connectivity index (χ2v) is 2.62. The minimum atomic E-state index is -0.684. The summed E-state index contributed by atoms with van der Waals surface area (Å²) in [6.07, 6.45) is 1.39. The Morgan fingerprint density at radius 1 is 1.54 bits per heavy atom. The zero-order chi connectivity index (χ0) is 9.42. The van der Waals surface area contributed by atoms with Crippen LogP contribution in [0.25, 0.3) is 11.0 Å². The van der Waals surface area contributed by atoms with E-state index in [0.29, 0.717) is 11.0 Å². The fraction of sp³-hybridized carbons (Fsp3) is 0. The highest BCUT2D eigenvalue weighted by Crippen LogP contribution is 2.16. The van der Waals surface area contributed by atoms with Gasteiger partial charge in [-0.15, -0.1) is 0 Å². The van der Waals surface area contributed by atoms with Crippen LogP contribution in [0.3, 0.4) is 0 Å². The van der Waals surface area contributed by atoms with E-state index < -0.39 is 11.7 Å². The number of hydrogen-bond acceptors (Lipinski definition) is 2. The largest absolute Gasteiger partial charge is 0.366 e. The van der Waals surface area contributed by atoms with Gasteiger partial charge < -0.3 is 10.7 Å². The molecular weight excluding hydrogens is 173 g/mol. The van der Waals surface area contributed by atoms with Crippen molar-refractivity contribution < 1.29 is 9.18 Å². The van der Waals surface area contributed by atoms with Crippen LogP contribution in [0.1, 0.15) is 10.4 Å². The van der Waals surface area contributed by atoms with E-state index in [2.05, 4.69) is 9.97 Å². The summed E-state index contributed by atoms with van der Waals surface area (Å²) in [6.45, 7) is 0. The molecule has 0 saturated heterocycles. The molecule has 0 atom stereocenters. The molecule has 0 aliphatic carbocycles. The van der Waals surface area contributed by atoms with Gasteiger partial charge in [-0.05, 0) is 12.1 Å². The first-order valence-corrected chi connectivity index (χ1v) is 3.61. The van der Waals surface area contributed by atoms with Crippen molar-refractivity contribution in [1.29, 1.82) is 0 Å². The molecule has 3 N–H and O–H groups in total. The Bertz CT molecular complexity index is 477. The third-order valence-corrected chi connectivity index (χ3v) is 1.75. The molecule has 1 amide bonds. The smallest absolute Gasteiger partial charge is 0.251 e. The Hall–Kier alpha value is -1.91. The summed E-state index contributed by atoms with van der Waals surface area (Å²) in [6, 6.07) is 2.33. The van der Waals surface area contributed by atoms with Gasteiger partial charge in [-0.3, -0.25) is 4.79 Å². The van der Waals surface area contributed by atoms with Crippen LogP contribution in [-0.2, 0) is 0 Å². The molecule has 66 valence electrons. The van der Waals surface area contributed by atoms with E-state index in [0.717, 1.165) is 6.07 Å². The first kappa shape index (κ1) is 7.72. The number of nitrogens with one attached hydrogen (secondary N) is 1. The van der Waals surface area contributed by atoms with Crippen LogP contribution in [0.15, 0.2) is 18.5 Å². The highest BCUT2D eigenvalue weighted by atomic mass is 19.1. The summed E-state index contributed by atoms with van der Waals surface area (Å²) in [5, 5.41) is 0. The van der Waals surface area contributed by atoms with E-state index in [1.165, 1.54) is 12.4 Å². The molecule has 2 aromatic rings. The lowest BCUT2D eigenvalue weighted by Gasteiger charge is -1.96. The van der Waals surface area contributed by atoms with E-state index >= 15 is 0 Å². The average Bonchev–Trinajstić information content (AvgIpc) is 2.49. The summed E-state index contributed by atoms with van der Waals surface area (Å²) >= 11 is 0. The summed E-state index contributed by atoms with van der Waals surface area (Å²) < 4.78 is 12.9. The van der Waals surface area contributed by atoms with Gasteiger partial charge in [0.15, 0.2) is 0 Å². The van der Waals surface area contributed by atoms with Gasteiger partial charge in [0.2, 0.25) is 0 Å². The fourth-order valence-corrected chi connectivity index (χ4v) is 1.20. The van der Waals surface area contributed by atoms with Crippen molar-refractivity contribution in [3.05, 3.63) is 29.8 Å². The van der Waals surface area contributed by atoms with E-state index in [1.807, 2.05) is 0 Å². The van der Waals surface area contributed by atoms with E-state index in [4.69, 9.17) is 5.73 Å². The number of H-pyrrole nitrogens is 1. The third-order valence-electron chi connectivity index (χ3n) is 1.75. The minimum Gasteiger partial charge on any atom is -0.366 e. The molecule has 2 rings (SSSR count). The second kappa shape index (κ2) is 2.55. The van der Waals surface area contributed by atoms with Crippen molar-refractivity contribution in [1.82, 2.24) is 9.97 Å². The number of imidazole rings is 1. The van der Waals surface area contributed by atoms with Gasteiger partial charge in [0.25, 0.3) is 5.91 Å². The molecular formula is C8H6FN3O. The Kier molecular flexibility index (Phi) is 1.51. The number of nitrogens with zero attached hydrogens (tertiary/aromatic N) is 1. The molecule has 0 fully saturated rings. The SMILES string of the molecule is NC(=O)c1cc(F)cc2[nH]cnc12. The van der Waals surface area contributed by atoms with Crippen LogP contribution in [0.5, 0.6) is 0 Å². The van der Waals surface area contributed by atoms with Crippen molar-refractivity contribution in [2.24, 2.45) is 5.73 Å². The topological polar surface area (TPSA) is 71.8 Å². The van der Waals surface area contributed by atoms with Crippen molar-refractivity contribution in [3.63, 3.8) is 0 Å². The monoisotopic (exact) mass is 179 g/mol. The first-order chi connectivity index (χ1) is 6.18. The number of benzene rings is 1. The molecule has 13 heavy (non-hydrogen) atoms. The molecule has 1 aromatic carbocycles. The molecule has 1 aromatic heterocycles. The summed E-state index contributed by atoms with van der Waals surface area (Å²) in [5.41, 5.74) is 6.01. The van der Waals surface area contributed by atoms with Gasteiger partial charge in [-0.25, -0.2) is 9.37 Å². The Balaban J connectivity index is 2.84. The lowest BCUT2D eigenvalue weighted by molar-refractivity contribution is 0.100. The Labute approximate surface area is 72.6 Å². The molecule has 0 aliphatic heterocycles. The molecule has 0 aliphatic rings. The Morgan fingerprint density at radius 3 is 3.00 bits per heavy atom. The van der Waals surface area contributed by atoms with Gasteiger partial charge in [-0.1, -0.05) is 0 Å². The second-order valence-electron chi connectivity index (χ2n) is 2.62. The zero-order valence-electron chi connectivity index (χ0n) is 6.54. The van der Waals surface area contributed by atoms with Gasteiger partial charge >= 0.3 is 0 Å². The quantitative estimate of drug-likeness (QED) is 0.679. The van der Waals surface area contributed by atoms with Gasteiger partial charge in [0, 0.05) is 0 Å². The lowest BCUT2D eigenvalue weighted by Crippen LogP contribution is -2.11. The number of rotatable bonds is 1. The van der Waals surface area contributed by atoms with E-state index in [-0.39, 0.29) is 5.56 Å². The molecule has 0 unspecified atom stereocenters. The van der Waals surface area contributed by atoms with Crippen LogP contribution in [-0.4, -0.2) is 15.9 Å². The number of fused-ring (bicyclic) bond motifs is 1. The highest BCUT2D eigenvalue weighted by Gasteiger charge is 2.10. The molecule has 0 bridgehead atoms. The molecule has 0 spiro atoms. The highest BCUT2D eigenvalue weighted by molar-refractivity contribution is 6.03. The number of carbonyl (C=O) groups excluding carboxylic acids is 1. The van der Waals surface area contributed by atoms with Crippen LogP contribution < -0.4 is 5.73 Å². The van der Waals surface area contributed by atoms with Crippen molar-refractivity contribution in [2.45, 2.75) is 0 Å². The molecule has 0 radical (unpaired) electrons. The lowest BCUT2D eigenvalue weighted by atomic mass is 10.1. The minimum absolute atomic E-state index is 0.0938.